The second-order valence-electron chi connectivity index (χ2n) is 7.00. The fraction of sp³-hybridized carbons (Fsp3) is 0.667. The lowest BCUT2D eigenvalue weighted by Crippen LogP contribution is -2.48. The van der Waals surface area contributed by atoms with E-state index in [1.165, 1.54) is 18.4 Å². The predicted molar refractivity (Wildman–Crippen MR) is 88.8 cm³/mol. The van der Waals surface area contributed by atoms with E-state index in [0.29, 0.717) is 6.04 Å². The Bertz CT molecular complexity index is 439. The summed E-state index contributed by atoms with van der Waals surface area (Å²) in [5, 5.41) is 3.67. The molecule has 0 fully saturated rings. The van der Waals surface area contributed by atoms with Crippen molar-refractivity contribution in [2.75, 3.05) is 19.7 Å². The van der Waals surface area contributed by atoms with Crippen LogP contribution in [0.2, 0.25) is 0 Å². The summed E-state index contributed by atoms with van der Waals surface area (Å²) >= 11 is 0. The van der Waals surface area contributed by atoms with Crippen LogP contribution in [0.5, 0.6) is 5.75 Å². The van der Waals surface area contributed by atoms with Gasteiger partial charge in [0.05, 0.1) is 0 Å². The summed E-state index contributed by atoms with van der Waals surface area (Å²) in [4.78, 5) is 2.58. The van der Waals surface area contributed by atoms with Gasteiger partial charge in [-0.15, -0.1) is 0 Å². The monoisotopic (exact) mass is 290 g/mol. The summed E-state index contributed by atoms with van der Waals surface area (Å²) in [6, 6.07) is 9.01. The highest BCUT2D eigenvalue weighted by Crippen LogP contribution is 2.24. The van der Waals surface area contributed by atoms with Crippen LogP contribution in [-0.2, 0) is 6.54 Å². The van der Waals surface area contributed by atoms with Crippen LogP contribution in [0, 0.1) is 0 Å². The summed E-state index contributed by atoms with van der Waals surface area (Å²) in [7, 11) is 0. The van der Waals surface area contributed by atoms with E-state index in [-0.39, 0.29) is 5.54 Å². The molecule has 0 amide bonds. The molecule has 21 heavy (non-hydrogen) atoms. The average Bonchev–Trinajstić information content (AvgIpc) is 2.64. The first-order chi connectivity index (χ1) is 9.99. The van der Waals surface area contributed by atoms with Crippen molar-refractivity contribution in [2.24, 2.45) is 0 Å². The van der Waals surface area contributed by atoms with Crippen molar-refractivity contribution in [1.29, 1.82) is 0 Å². The van der Waals surface area contributed by atoms with Crippen LogP contribution in [0.3, 0.4) is 0 Å². The molecule has 0 bridgehead atoms. The summed E-state index contributed by atoms with van der Waals surface area (Å²) in [5.41, 5.74) is 1.48. The fourth-order valence-corrected chi connectivity index (χ4v) is 2.83. The molecule has 1 aliphatic rings. The minimum Gasteiger partial charge on any atom is -0.492 e. The van der Waals surface area contributed by atoms with Crippen LogP contribution < -0.4 is 10.1 Å². The molecule has 1 aliphatic heterocycles. The number of benzene rings is 1. The van der Waals surface area contributed by atoms with Crippen molar-refractivity contribution in [3.63, 3.8) is 0 Å². The Balaban J connectivity index is 2.06. The standard InChI is InChI=1S/C18H30N2O/c1-5-8-16(13-19-18(2,3)4)20-11-12-21-17-10-7-6-9-15(17)14-20/h6-7,9-10,16,19H,5,8,11-14H2,1-4H3. The zero-order chi connectivity index (χ0) is 15.3. The van der Waals surface area contributed by atoms with Crippen molar-refractivity contribution >= 4 is 0 Å². The lowest BCUT2D eigenvalue weighted by molar-refractivity contribution is 0.151. The Kier molecular flexibility index (Phi) is 5.65. The molecule has 1 aromatic carbocycles. The lowest BCUT2D eigenvalue weighted by atomic mass is 10.0. The molecule has 0 saturated heterocycles. The van der Waals surface area contributed by atoms with Crippen molar-refractivity contribution in [3.05, 3.63) is 29.8 Å². The van der Waals surface area contributed by atoms with Gasteiger partial charge in [-0.05, 0) is 33.3 Å². The number of hydrogen-bond donors (Lipinski definition) is 1. The van der Waals surface area contributed by atoms with Gasteiger partial charge in [0.2, 0.25) is 0 Å². The zero-order valence-corrected chi connectivity index (χ0v) is 14.0. The summed E-state index contributed by atoms with van der Waals surface area (Å²) in [6.45, 7) is 12.8. The van der Waals surface area contributed by atoms with E-state index in [0.717, 1.165) is 32.0 Å². The van der Waals surface area contributed by atoms with Crippen LogP contribution in [0.1, 0.15) is 46.1 Å². The number of para-hydroxylation sites is 1. The number of nitrogens with zero attached hydrogens (tertiary/aromatic N) is 1. The van der Waals surface area contributed by atoms with Gasteiger partial charge >= 0.3 is 0 Å². The molecular weight excluding hydrogens is 260 g/mol. The lowest BCUT2D eigenvalue weighted by Gasteiger charge is -2.33. The summed E-state index contributed by atoms with van der Waals surface area (Å²) in [6.07, 6.45) is 2.45. The number of hydrogen-bond acceptors (Lipinski definition) is 3. The van der Waals surface area contributed by atoms with E-state index in [4.69, 9.17) is 4.74 Å². The van der Waals surface area contributed by atoms with Crippen molar-refractivity contribution in [1.82, 2.24) is 10.2 Å². The molecule has 0 aliphatic carbocycles. The fourth-order valence-electron chi connectivity index (χ4n) is 2.83. The molecule has 1 aromatic rings. The maximum atomic E-state index is 5.89. The van der Waals surface area contributed by atoms with Crippen molar-refractivity contribution < 1.29 is 4.74 Å². The topological polar surface area (TPSA) is 24.5 Å². The largest absolute Gasteiger partial charge is 0.492 e. The smallest absolute Gasteiger partial charge is 0.123 e. The van der Waals surface area contributed by atoms with Crippen LogP contribution in [0.25, 0.3) is 0 Å². The van der Waals surface area contributed by atoms with E-state index in [1.54, 1.807) is 0 Å². The Morgan fingerprint density at radius 3 is 2.76 bits per heavy atom. The van der Waals surface area contributed by atoms with Gasteiger partial charge in [0, 0.05) is 36.8 Å². The van der Waals surface area contributed by atoms with E-state index >= 15 is 0 Å². The average molecular weight is 290 g/mol. The van der Waals surface area contributed by atoms with Gasteiger partial charge in [-0.2, -0.15) is 0 Å². The Labute approximate surface area is 129 Å². The highest BCUT2D eigenvalue weighted by Gasteiger charge is 2.23. The molecule has 1 atom stereocenters. The van der Waals surface area contributed by atoms with Gasteiger partial charge in [0.15, 0.2) is 0 Å². The van der Waals surface area contributed by atoms with Crippen LogP contribution in [0.15, 0.2) is 24.3 Å². The molecule has 3 heteroatoms. The van der Waals surface area contributed by atoms with Gasteiger partial charge in [-0.25, -0.2) is 0 Å². The van der Waals surface area contributed by atoms with Crippen molar-refractivity contribution in [3.8, 4) is 5.75 Å². The van der Waals surface area contributed by atoms with E-state index in [2.05, 4.69) is 62.2 Å². The molecule has 3 nitrogen and oxygen atoms in total. The molecule has 1 unspecified atom stereocenters. The van der Waals surface area contributed by atoms with Gasteiger partial charge in [-0.1, -0.05) is 31.5 Å². The molecule has 1 N–H and O–H groups in total. The molecule has 2 rings (SSSR count). The molecule has 1 heterocycles. The van der Waals surface area contributed by atoms with Crippen LogP contribution in [-0.4, -0.2) is 36.2 Å². The predicted octanol–water partition coefficient (Wildman–Crippen LogP) is 3.44. The van der Waals surface area contributed by atoms with Crippen molar-refractivity contribution in [2.45, 2.75) is 58.7 Å². The number of ether oxygens (including phenoxy) is 1. The first-order valence-corrected chi connectivity index (χ1v) is 8.19. The van der Waals surface area contributed by atoms with Crippen LogP contribution in [0.4, 0.5) is 0 Å². The van der Waals surface area contributed by atoms with Gasteiger partial charge < -0.3 is 10.1 Å². The minimum atomic E-state index is 0.173. The Hall–Kier alpha value is -1.06. The second kappa shape index (κ2) is 7.28. The summed E-state index contributed by atoms with van der Waals surface area (Å²) < 4.78 is 5.89. The maximum absolute atomic E-state index is 5.89. The molecule has 118 valence electrons. The number of fused-ring (bicyclic) bond motifs is 1. The summed E-state index contributed by atoms with van der Waals surface area (Å²) in [5.74, 6) is 1.05. The first kappa shape index (κ1) is 16.3. The highest BCUT2D eigenvalue weighted by atomic mass is 16.5. The van der Waals surface area contributed by atoms with Gasteiger partial charge in [-0.3, -0.25) is 4.90 Å². The molecule has 0 saturated carbocycles. The minimum absolute atomic E-state index is 0.173. The quantitative estimate of drug-likeness (QED) is 0.899. The third-order valence-electron chi connectivity index (χ3n) is 3.99. The second-order valence-corrected chi connectivity index (χ2v) is 7.00. The maximum Gasteiger partial charge on any atom is 0.123 e. The first-order valence-electron chi connectivity index (χ1n) is 8.19. The molecule has 0 spiro atoms. The van der Waals surface area contributed by atoms with Gasteiger partial charge in [0.25, 0.3) is 0 Å². The van der Waals surface area contributed by atoms with E-state index in [9.17, 15) is 0 Å². The normalized spacial score (nSPS) is 17.7. The third kappa shape index (κ3) is 5.01. The SMILES string of the molecule is CCCC(CNC(C)(C)C)N1CCOc2ccccc2C1. The zero-order valence-electron chi connectivity index (χ0n) is 14.0. The Morgan fingerprint density at radius 2 is 2.05 bits per heavy atom. The molecular formula is C18H30N2O. The Morgan fingerprint density at radius 1 is 1.29 bits per heavy atom. The van der Waals surface area contributed by atoms with E-state index in [1.807, 2.05) is 0 Å². The number of rotatable bonds is 5. The molecule has 0 aromatic heterocycles. The van der Waals surface area contributed by atoms with E-state index < -0.39 is 0 Å². The number of nitrogens with one attached hydrogen (secondary N) is 1. The van der Waals surface area contributed by atoms with Crippen LogP contribution >= 0.6 is 0 Å². The molecule has 0 radical (unpaired) electrons. The van der Waals surface area contributed by atoms with Gasteiger partial charge in [0.1, 0.15) is 12.4 Å². The highest BCUT2D eigenvalue weighted by molar-refractivity contribution is 5.33. The third-order valence-corrected chi connectivity index (χ3v) is 3.99.